The Bertz CT molecular complexity index is 300. The van der Waals surface area contributed by atoms with Gasteiger partial charge in [0.2, 0.25) is 0 Å². The second-order valence-electron chi connectivity index (χ2n) is 4.36. The maximum atomic E-state index is 4.97. The predicted molar refractivity (Wildman–Crippen MR) is 68.9 cm³/mol. The molecule has 0 unspecified atom stereocenters. The summed E-state index contributed by atoms with van der Waals surface area (Å²) in [6.07, 6.45) is 5.14. The summed E-state index contributed by atoms with van der Waals surface area (Å²) >= 11 is 0. The number of methoxy groups -OCH3 is 1. The van der Waals surface area contributed by atoms with E-state index in [-0.39, 0.29) is 0 Å². The highest BCUT2D eigenvalue weighted by Crippen LogP contribution is 2.01. The van der Waals surface area contributed by atoms with Crippen molar-refractivity contribution in [3.05, 3.63) is 18.0 Å². The minimum atomic E-state index is 0.783. The van der Waals surface area contributed by atoms with E-state index in [2.05, 4.69) is 28.6 Å². The number of rotatable bonds is 9. The highest BCUT2D eigenvalue weighted by molar-refractivity contribution is 5.02. The number of ether oxygens (including phenoxy) is 1. The van der Waals surface area contributed by atoms with Gasteiger partial charge in [-0.1, -0.05) is 0 Å². The van der Waals surface area contributed by atoms with Crippen molar-refractivity contribution in [1.82, 2.24) is 20.0 Å². The van der Waals surface area contributed by atoms with Gasteiger partial charge in [-0.15, -0.1) is 0 Å². The first kappa shape index (κ1) is 14.2. The first-order valence-corrected chi connectivity index (χ1v) is 6.08. The maximum Gasteiger partial charge on any atom is 0.0587 e. The highest BCUT2D eigenvalue weighted by Gasteiger charge is 2.01. The summed E-state index contributed by atoms with van der Waals surface area (Å²) < 4.78 is 6.81. The molecule has 0 bridgehead atoms. The summed E-state index contributed by atoms with van der Waals surface area (Å²) in [5.74, 6) is 0. The molecule has 0 fully saturated rings. The lowest BCUT2D eigenvalue weighted by Crippen LogP contribution is -2.25. The van der Waals surface area contributed by atoms with Gasteiger partial charge in [0.25, 0.3) is 0 Å². The van der Waals surface area contributed by atoms with Gasteiger partial charge in [-0.25, -0.2) is 0 Å². The molecule has 0 saturated heterocycles. The summed E-state index contributed by atoms with van der Waals surface area (Å²) in [6.45, 7) is 4.82. The van der Waals surface area contributed by atoms with Crippen LogP contribution in [0.15, 0.2) is 12.4 Å². The van der Waals surface area contributed by atoms with Gasteiger partial charge < -0.3 is 15.0 Å². The molecule has 0 spiro atoms. The van der Waals surface area contributed by atoms with Crippen molar-refractivity contribution in [1.29, 1.82) is 0 Å². The van der Waals surface area contributed by atoms with E-state index in [1.165, 1.54) is 5.56 Å². The average Bonchev–Trinajstić information content (AvgIpc) is 2.69. The Morgan fingerprint density at radius 3 is 2.94 bits per heavy atom. The lowest BCUT2D eigenvalue weighted by atomic mass is 10.3. The van der Waals surface area contributed by atoms with E-state index in [0.717, 1.165) is 39.2 Å². The Labute approximate surface area is 104 Å². The van der Waals surface area contributed by atoms with Crippen LogP contribution in [0.3, 0.4) is 0 Å². The molecular weight excluding hydrogens is 216 g/mol. The van der Waals surface area contributed by atoms with Crippen molar-refractivity contribution in [2.45, 2.75) is 13.0 Å². The van der Waals surface area contributed by atoms with Crippen molar-refractivity contribution in [2.75, 3.05) is 40.4 Å². The van der Waals surface area contributed by atoms with Crippen LogP contribution in [0.4, 0.5) is 0 Å². The molecule has 0 aromatic carbocycles. The fraction of sp³-hybridized carbons (Fsp3) is 0.750. The zero-order valence-electron chi connectivity index (χ0n) is 11.1. The maximum absolute atomic E-state index is 4.97. The number of hydrogen-bond donors (Lipinski definition) is 1. The first-order valence-electron chi connectivity index (χ1n) is 6.08. The monoisotopic (exact) mass is 240 g/mol. The van der Waals surface area contributed by atoms with E-state index in [1.807, 2.05) is 17.9 Å². The van der Waals surface area contributed by atoms with Crippen LogP contribution in [0.2, 0.25) is 0 Å². The summed E-state index contributed by atoms with van der Waals surface area (Å²) in [5.41, 5.74) is 1.27. The molecule has 1 N–H and O–H groups in total. The van der Waals surface area contributed by atoms with Crippen molar-refractivity contribution < 1.29 is 4.74 Å². The molecule has 1 heterocycles. The molecule has 5 nitrogen and oxygen atoms in total. The second kappa shape index (κ2) is 8.22. The van der Waals surface area contributed by atoms with Crippen LogP contribution in [-0.4, -0.2) is 55.1 Å². The topological polar surface area (TPSA) is 42.3 Å². The van der Waals surface area contributed by atoms with Crippen LogP contribution in [-0.2, 0) is 18.3 Å². The lowest BCUT2D eigenvalue weighted by molar-refractivity contribution is 0.198. The third-order valence-corrected chi connectivity index (χ3v) is 2.59. The van der Waals surface area contributed by atoms with Gasteiger partial charge in [0, 0.05) is 39.0 Å². The molecular formula is C12H24N4O. The summed E-state index contributed by atoms with van der Waals surface area (Å²) in [7, 11) is 5.81. The number of nitrogens with zero attached hydrogens (tertiary/aromatic N) is 3. The lowest BCUT2D eigenvalue weighted by Gasteiger charge is -2.15. The minimum Gasteiger partial charge on any atom is -0.383 e. The van der Waals surface area contributed by atoms with E-state index in [4.69, 9.17) is 4.74 Å². The molecule has 0 amide bonds. The minimum absolute atomic E-state index is 0.783. The summed E-state index contributed by atoms with van der Waals surface area (Å²) in [5, 5.41) is 7.51. The van der Waals surface area contributed by atoms with Crippen LogP contribution in [0.5, 0.6) is 0 Å². The molecule has 0 aliphatic heterocycles. The van der Waals surface area contributed by atoms with Crippen LogP contribution >= 0.6 is 0 Å². The Morgan fingerprint density at radius 2 is 2.29 bits per heavy atom. The standard InChI is InChI=1S/C12H24N4O/c1-15(7-4-5-13-6-8-17-3)10-12-9-14-16(2)11-12/h9,11,13H,4-8,10H2,1-3H3. The zero-order chi connectivity index (χ0) is 12.5. The quantitative estimate of drug-likeness (QED) is 0.638. The van der Waals surface area contributed by atoms with E-state index in [0.29, 0.717) is 0 Å². The van der Waals surface area contributed by atoms with E-state index in [1.54, 1.807) is 7.11 Å². The summed E-state index contributed by atoms with van der Waals surface area (Å²) in [4.78, 5) is 2.31. The number of aryl methyl sites for hydroxylation is 1. The first-order chi connectivity index (χ1) is 8.22. The van der Waals surface area contributed by atoms with Gasteiger partial charge in [-0.05, 0) is 26.6 Å². The fourth-order valence-corrected chi connectivity index (χ4v) is 1.72. The van der Waals surface area contributed by atoms with Gasteiger partial charge in [0.15, 0.2) is 0 Å². The van der Waals surface area contributed by atoms with Gasteiger partial charge in [0.1, 0.15) is 0 Å². The molecule has 1 aromatic rings. The third kappa shape index (κ3) is 6.41. The Kier molecular flexibility index (Phi) is 6.84. The SMILES string of the molecule is COCCNCCCN(C)Cc1cnn(C)c1. The Balaban J connectivity index is 2.03. The molecule has 1 rings (SSSR count). The van der Waals surface area contributed by atoms with Crippen molar-refractivity contribution in [3.63, 3.8) is 0 Å². The summed E-state index contributed by atoms with van der Waals surface area (Å²) in [6, 6.07) is 0. The predicted octanol–water partition coefficient (Wildman–Crippen LogP) is 0.478. The van der Waals surface area contributed by atoms with Crippen molar-refractivity contribution >= 4 is 0 Å². The van der Waals surface area contributed by atoms with Crippen molar-refractivity contribution in [3.8, 4) is 0 Å². The van der Waals surface area contributed by atoms with Crippen LogP contribution in [0.25, 0.3) is 0 Å². The van der Waals surface area contributed by atoms with Gasteiger partial charge in [-0.2, -0.15) is 5.10 Å². The van der Waals surface area contributed by atoms with Crippen LogP contribution < -0.4 is 5.32 Å². The fourth-order valence-electron chi connectivity index (χ4n) is 1.72. The van der Waals surface area contributed by atoms with E-state index in [9.17, 15) is 0 Å². The Hall–Kier alpha value is -0.910. The molecule has 17 heavy (non-hydrogen) atoms. The smallest absolute Gasteiger partial charge is 0.0587 e. The molecule has 98 valence electrons. The zero-order valence-corrected chi connectivity index (χ0v) is 11.1. The highest BCUT2D eigenvalue weighted by atomic mass is 16.5. The molecule has 0 radical (unpaired) electrons. The largest absolute Gasteiger partial charge is 0.383 e. The number of hydrogen-bond acceptors (Lipinski definition) is 4. The molecule has 0 aliphatic carbocycles. The van der Waals surface area contributed by atoms with E-state index < -0.39 is 0 Å². The van der Waals surface area contributed by atoms with Gasteiger partial charge >= 0.3 is 0 Å². The Morgan fingerprint density at radius 1 is 1.47 bits per heavy atom. The van der Waals surface area contributed by atoms with E-state index >= 15 is 0 Å². The molecule has 1 aromatic heterocycles. The molecule has 0 saturated carbocycles. The van der Waals surface area contributed by atoms with Crippen LogP contribution in [0, 0.1) is 0 Å². The molecule has 5 heteroatoms. The van der Waals surface area contributed by atoms with Gasteiger partial charge in [-0.3, -0.25) is 4.68 Å². The average molecular weight is 240 g/mol. The van der Waals surface area contributed by atoms with Gasteiger partial charge in [0.05, 0.1) is 12.8 Å². The second-order valence-corrected chi connectivity index (χ2v) is 4.36. The molecule has 0 aliphatic rings. The van der Waals surface area contributed by atoms with Crippen LogP contribution in [0.1, 0.15) is 12.0 Å². The molecule has 0 atom stereocenters. The number of aromatic nitrogens is 2. The number of nitrogens with one attached hydrogen (secondary N) is 1. The van der Waals surface area contributed by atoms with Crippen molar-refractivity contribution in [2.24, 2.45) is 7.05 Å². The normalized spacial score (nSPS) is 11.3. The third-order valence-electron chi connectivity index (χ3n) is 2.59.